The average molecular weight is 541 g/mol. The molecule has 1 aliphatic heterocycles. The Morgan fingerprint density at radius 3 is 2.56 bits per heavy atom. The average Bonchev–Trinajstić information content (AvgIpc) is 3.65. The maximum absolute atomic E-state index is 15.0. The summed E-state index contributed by atoms with van der Waals surface area (Å²) in [6.45, 7) is 2.99. The van der Waals surface area contributed by atoms with E-state index in [-0.39, 0.29) is 18.7 Å². The van der Waals surface area contributed by atoms with Gasteiger partial charge >= 0.3 is 18.3 Å². The van der Waals surface area contributed by atoms with E-state index < -0.39 is 35.3 Å². The number of halogens is 2. The summed E-state index contributed by atoms with van der Waals surface area (Å²) in [6.07, 6.45) is 3.92. The molecule has 13 nitrogen and oxygen atoms in total. The van der Waals surface area contributed by atoms with E-state index in [9.17, 15) is 19.1 Å². The first kappa shape index (κ1) is 25.8. The number of anilines is 1. The van der Waals surface area contributed by atoms with Crippen molar-refractivity contribution < 1.29 is 33.0 Å². The first-order chi connectivity index (χ1) is 18.7. The fourth-order valence-electron chi connectivity index (χ4n) is 4.59. The third-order valence-electron chi connectivity index (χ3n) is 6.57. The third-order valence-corrected chi connectivity index (χ3v) is 6.57. The molecular weight excluding hydrogens is 516 g/mol. The molecule has 2 aromatic heterocycles. The molecule has 2 aromatic carbocycles. The number of hydrogen-bond acceptors (Lipinski definition) is 8. The van der Waals surface area contributed by atoms with E-state index in [2.05, 4.69) is 20.6 Å². The zero-order valence-electron chi connectivity index (χ0n) is 20.9. The molecule has 0 spiro atoms. The van der Waals surface area contributed by atoms with Crippen LogP contribution in [-0.2, 0) is 16.9 Å². The van der Waals surface area contributed by atoms with Gasteiger partial charge in [-0.25, -0.2) is 23.1 Å². The molecule has 0 aliphatic carbocycles. The Balaban J connectivity index is 1.43. The summed E-state index contributed by atoms with van der Waals surface area (Å²) >= 11 is 0. The number of amides is 2. The number of nitrogens with zero attached hydrogens (tertiary/aromatic N) is 9. The normalized spacial score (nSPS) is 15.9. The monoisotopic (exact) mass is 540 g/mol. The first-order valence-corrected chi connectivity index (χ1v) is 11.9. The number of benzene rings is 2. The highest BCUT2D eigenvalue weighted by Gasteiger charge is 2.48. The minimum absolute atomic E-state index is 0.219. The van der Waals surface area contributed by atoms with Crippen LogP contribution in [0.3, 0.4) is 0 Å². The van der Waals surface area contributed by atoms with Gasteiger partial charge in [0.2, 0.25) is 0 Å². The highest BCUT2D eigenvalue weighted by molar-refractivity contribution is 5.94. The van der Waals surface area contributed by atoms with Crippen LogP contribution in [0.25, 0.3) is 5.69 Å². The molecule has 3 heterocycles. The van der Waals surface area contributed by atoms with Crippen LogP contribution in [0.2, 0.25) is 0 Å². The molecule has 15 heteroatoms. The van der Waals surface area contributed by atoms with Crippen LogP contribution in [-0.4, -0.2) is 71.2 Å². The van der Waals surface area contributed by atoms with Gasteiger partial charge in [-0.1, -0.05) is 6.07 Å². The van der Waals surface area contributed by atoms with Gasteiger partial charge in [-0.2, -0.15) is 0 Å². The molecule has 1 saturated heterocycles. The SMILES string of the molecule is CC(=O)On1cn[n+](C[C@](O)(c2ccc(F)cc2F)[C@@H](C)N2CCN(c3ccc(-n4cnnn4)cc3)C2=O)c1. The quantitative estimate of drug-likeness (QED) is 0.322. The van der Waals surface area contributed by atoms with Crippen LogP contribution in [0.1, 0.15) is 19.4 Å². The van der Waals surface area contributed by atoms with Gasteiger partial charge in [0.25, 0.3) is 6.33 Å². The van der Waals surface area contributed by atoms with E-state index in [1.807, 2.05) is 0 Å². The molecule has 0 radical (unpaired) electrons. The molecule has 0 saturated carbocycles. The number of aliphatic hydroxyl groups is 1. The van der Waals surface area contributed by atoms with Crippen LogP contribution >= 0.6 is 0 Å². The summed E-state index contributed by atoms with van der Waals surface area (Å²) in [5.74, 6) is -2.39. The highest BCUT2D eigenvalue weighted by atomic mass is 19.1. The van der Waals surface area contributed by atoms with Crippen LogP contribution in [0.5, 0.6) is 0 Å². The minimum Gasteiger partial charge on any atom is -0.379 e. The third kappa shape index (κ3) is 5.03. The van der Waals surface area contributed by atoms with Gasteiger partial charge in [0.1, 0.15) is 24.5 Å². The molecule has 2 atom stereocenters. The second-order valence-corrected chi connectivity index (χ2v) is 9.01. The smallest absolute Gasteiger partial charge is 0.355 e. The topological polar surface area (TPSA) is 135 Å². The second-order valence-electron chi connectivity index (χ2n) is 9.01. The predicted molar refractivity (Wildman–Crippen MR) is 128 cm³/mol. The number of carbonyl (C=O) groups is 2. The molecule has 0 bridgehead atoms. The largest absolute Gasteiger partial charge is 0.379 e. The fraction of sp³-hybridized carbons (Fsp3) is 0.292. The summed E-state index contributed by atoms with van der Waals surface area (Å²) in [6, 6.07) is 8.44. The Kier molecular flexibility index (Phi) is 6.74. The van der Waals surface area contributed by atoms with Crippen molar-refractivity contribution in [3.63, 3.8) is 0 Å². The van der Waals surface area contributed by atoms with E-state index in [1.54, 1.807) is 31.2 Å². The van der Waals surface area contributed by atoms with Crippen molar-refractivity contribution in [2.24, 2.45) is 0 Å². The number of aromatic nitrogens is 7. The van der Waals surface area contributed by atoms with Crippen LogP contribution in [0.4, 0.5) is 19.3 Å². The molecule has 1 N–H and O–H groups in total. The standard InChI is InChI=1S/C24H24F2N9O4/c1-16(33-9-10-34(23(33)37)19-4-6-20(7-5-19)35-13-27-29-30-35)24(38,21-8-3-18(25)11-22(21)26)12-31-15-32(14-28-31)39-17(2)36/h3-8,11,13-16,38H,9-10,12H2,1-2H3/q+1/t16-,24-/m1/s1. The maximum atomic E-state index is 15.0. The molecule has 1 aliphatic rings. The number of rotatable bonds is 8. The van der Waals surface area contributed by atoms with Crippen molar-refractivity contribution in [2.75, 3.05) is 18.0 Å². The van der Waals surface area contributed by atoms with Gasteiger partial charge in [-0.15, -0.1) is 9.78 Å². The zero-order chi connectivity index (χ0) is 27.7. The lowest BCUT2D eigenvalue weighted by Crippen LogP contribution is -2.58. The van der Waals surface area contributed by atoms with E-state index >= 15 is 4.39 Å². The molecule has 5 rings (SSSR count). The number of urea groups is 1. The van der Waals surface area contributed by atoms with Gasteiger partial charge in [-0.3, -0.25) is 9.74 Å². The van der Waals surface area contributed by atoms with Gasteiger partial charge in [0.05, 0.1) is 11.7 Å². The summed E-state index contributed by atoms with van der Waals surface area (Å²) in [5, 5.41) is 27.1. The zero-order valence-corrected chi connectivity index (χ0v) is 20.9. The van der Waals surface area contributed by atoms with E-state index in [0.29, 0.717) is 24.0 Å². The summed E-state index contributed by atoms with van der Waals surface area (Å²) in [4.78, 5) is 32.7. The second kappa shape index (κ2) is 10.2. The number of tetrazole rings is 1. The van der Waals surface area contributed by atoms with Crippen molar-refractivity contribution in [3.8, 4) is 5.69 Å². The Hall–Kier alpha value is -4.79. The minimum atomic E-state index is -2.05. The van der Waals surface area contributed by atoms with Gasteiger partial charge < -0.3 is 10.0 Å². The van der Waals surface area contributed by atoms with Crippen molar-refractivity contribution in [2.45, 2.75) is 32.0 Å². The maximum Gasteiger partial charge on any atom is 0.355 e. The van der Waals surface area contributed by atoms with Crippen molar-refractivity contribution >= 4 is 17.7 Å². The lowest BCUT2D eigenvalue weighted by molar-refractivity contribution is -0.766. The van der Waals surface area contributed by atoms with Gasteiger partial charge in [-0.05, 0) is 57.5 Å². The molecule has 2 amide bonds. The fourth-order valence-corrected chi connectivity index (χ4v) is 4.59. The Labute approximate surface area is 220 Å². The summed E-state index contributed by atoms with van der Waals surface area (Å²) in [5.41, 5.74) is -0.958. The highest BCUT2D eigenvalue weighted by Crippen LogP contribution is 2.34. The molecule has 202 valence electrons. The summed E-state index contributed by atoms with van der Waals surface area (Å²) < 4.78 is 32.5. The molecule has 4 aromatic rings. The first-order valence-electron chi connectivity index (χ1n) is 11.9. The van der Waals surface area contributed by atoms with Crippen LogP contribution < -0.4 is 14.4 Å². The van der Waals surface area contributed by atoms with Crippen molar-refractivity contribution in [1.29, 1.82) is 0 Å². The Morgan fingerprint density at radius 1 is 1.15 bits per heavy atom. The lowest BCUT2D eigenvalue weighted by Gasteiger charge is -2.38. The Morgan fingerprint density at radius 2 is 1.90 bits per heavy atom. The molecule has 1 fully saturated rings. The van der Waals surface area contributed by atoms with Gasteiger partial charge in [0, 0.05) is 37.3 Å². The van der Waals surface area contributed by atoms with E-state index in [1.165, 1.54) is 45.1 Å². The summed E-state index contributed by atoms with van der Waals surface area (Å²) in [7, 11) is 0. The van der Waals surface area contributed by atoms with Crippen LogP contribution in [0.15, 0.2) is 61.4 Å². The number of carbonyl (C=O) groups excluding carboxylic acids is 2. The molecule has 0 unspecified atom stereocenters. The lowest BCUT2D eigenvalue weighted by atomic mass is 9.85. The molecule has 39 heavy (non-hydrogen) atoms. The molecular formula is C24H24F2N9O4+. The van der Waals surface area contributed by atoms with E-state index in [0.717, 1.165) is 16.9 Å². The van der Waals surface area contributed by atoms with Gasteiger partial charge in [0.15, 0.2) is 5.60 Å². The predicted octanol–water partition coefficient (Wildman–Crippen LogP) is 0.618. The van der Waals surface area contributed by atoms with E-state index in [4.69, 9.17) is 4.84 Å². The van der Waals surface area contributed by atoms with Crippen molar-refractivity contribution in [3.05, 3.63) is 78.6 Å². The van der Waals surface area contributed by atoms with Crippen LogP contribution in [0, 0.1) is 11.6 Å². The van der Waals surface area contributed by atoms with Crippen molar-refractivity contribution in [1.82, 2.24) is 34.9 Å². The number of hydrogen-bond donors (Lipinski definition) is 1. The Bertz CT molecular complexity index is 1500.